The average molecular weight is 298 g/mol. The molecule has 3 N–H and O–H groups in total. The van der Waals surface area contributed by atoms with Crippen molar-refractivity contribution in [2.24, 2.45) is 0 Å². The van der Waals surface area contributed by atoms with Crippen molar-refractivity contribution in [3.05, 3.63) is 29.8 Å². The van der Waals surface area contributed by atoms with Crippen molar-refractivity contribution in [2.75, 3.05) is 5.32 Å². The summed E-state index contributed by atoms with van der Waals surface area (Å²) in [5, 5.41) is 13.9. The number of carbonyl (C=O) groups excluding carboxylic acids is 1. The SMILES string of the molecule is Cc1ccc(NC(=O)N[C@@H](O)C(Cl)(Cl)Cl)cc1. The summed E-state index contributed by atoms with van der Waals surface area (Å²) in [6, 6.07) is 6.45. The van der Waals surface area contributed by atoms with E-state index in [4.69, 9.17) is 34.8 Å². The van der Waals surface area contributed by atoms with Crippen molar-refractivity contribution in [3.8, 4) is 0 Å². The lowest BCUT2D eigenvalue weighted by atomic mass is 10.2. The Bertz CT molecular complexity index is 390. The van der Waals surface area contributed by atoms with Crippen molar-refractivity contribution < 1.29 is 9.90 Å². The molecule has 0 radical (unpaired) electrons. The van der Waals surface area contributed by atoms with E-state index in [0.717, 1.165) is 5.56 Å². The van der Waals surface area contributed by atoms with Gasteiger partial charge in [0.1, 0.15) is 0 Å². The van der Waals surface area contributed by atoms with Crippen LogP contribution in [0.25, 0.3) is 0 Å². The molecule has 94 valence electrons. The summed E-state index contributed by atoms with van der Waals surface area (Å²) >= 11 is 16.2. The highest BCUT2D eigenvalue weighted by Crippen LogP contribution is 2.28. The van der Waals surface area contributed by atoms with Crippen molar-refractivity contribution in [1.82, 2.24) is 5.32 Å². The Balaban J connectivity index is 2.53. The molecule has 7 heteroatoms. The number of anilines is 1. The van der Waals surface area contributed by atoms with E-state index in [2.05, 4.69) is 10.6 Å². The van der Waals surface area contributed by atoms with Crippen molar-refractivity contribution in [3.63, 3.8) is 0 Å². The zero-order valence-corrected chi connectivity index (χ0v) is 11.1. The van der Waals surface area contributed by atoms with Crippen LogP contribution in [0, 0.1) is 6.92 Å². The van der Waals surface area contributed by atoms with Crippen LogP contribution in [0.2, 0.25) is 0 Å². The van der Waals surface area contributed by atoms with Crippen LogP contribution in [0.4, 0.5) is 10.5 Å². The summed E-state index contributed by atoms with van der Waals surface area (Å²) in [4.78, 5) is 11.4. The van der Waals surface area contributed by atoms with Gasteiger partial charge in [-0.2, -0.15) is 0 Å². The van der Waals surface area contributed by atoms with Crippen LogP contribution in [-0.4, -0.2) is 21.2 Å². The third-order valence-corrected chi connectivity index (χ3v) is 2.51. The van der Waals surface area contributed by atoms with Gasteiger partial charge in [-0.05, 0) is 19.1 Å². The zero-order chi connectivity index (χ0) is 13.1. The van der Waals surface area contributed by atoms with Gasteiger partial charge in [0.05, 0.1) is 0 Å². The van der Waals surface area contributed by atoms with Gasteiger partial charge in [-0.3, -0.25) is 0 Å². The zero-order valence-electron chi connectivity index (χ0n) is 8.88. The number of rotatable bonds is 2. The number of halogens is 3. The minimum Gasteiger partial charge on any atom is -0.369 e. The normalized spacial score (nSPS) is 13.0. The molecule has 0 bridgehead atoms. The Hall–Kier alpha value is -0.680. The number of hydrogen-bond acceptors (Lipinski definition) is 2. The molecule has 0 fully saturated rings. The molecule has 0 unspecified atom stereocenters. The van der Waals surface area contributed by atoms with Crippen LogP contribution in [0.15, 0.2) is 24.3 Å². The summed E-state index contributed by atoms with van der Waals surface area (Å²) in [5.41, 5.74) is 1.64. The number of urea groups is 1. The number of benzene rings is 1. The first-order valence-electron chi connectivity index (χ1n) is 4.68. The van der Waals surface area contributed by atoms with Crippen molar-refractivity contribution in [2.45, 2.75) is 16.9 Å². The number of aliphatic hydroxyl groups is 1. The van der Waals surface area contributed by atoms with E-state index < -0.39 is 16.1 Å². The fraction of sp³-hybridized carbons (Fsp3) is 0.300. The van der Waals surface area contributed by atoms with Crippen LogP contribution < -0.4 is 10.6 Å². The van der Waals surface area contributed by atoms with E-state index in [1.54, 1.807) is 12.1 Å². The molecule has 0 aliphatic carbocycles. The molecule has 0 heterocycles. The molecule has 2 amide bonds. The maximum absolute atomic E-state index is 11.4. The van der Waals surface area contributed by atoms with Gasteiger partial charge in [0, 0.05) is 5.69 Å². The molecule has 0 aromatic heterocycles. The van der Waals surface area contributed by atoms with E-state index in [1.807, 2.05) is 19.1 Å². The van der Waals surface area contributed by atoms with Gasteiger partial charge in [-0.15, -0.1) is 0 Å². The molecule has 0 spiro atoms. The van der Waals surface area contributed by atoms with E-state index in [9.17, 15) is 9.90 Å². The molecule has 17 heavy (non-hydrogen) atoms. The lowest BCUT2D eigenvalue weighted by Gasteiger charge is -2.20. The van der Waals surface area contributed by atoms with Crippen molar-refractivity contribution >= 4 is 46.5 Å². The van der Waals surface area contributed by atoms with Gasteiger partial charge in [0.25, 0.3) is 0 Å². The predicted octanol–water partition coefficient (Wildman–Crippen LogP) is 2.81. The third kappa shape index (κ3) is 5.00. The van der Waals surface area contributed by atoms with Gasteiger partial charge < -0.3 is 15.7 Å². The van der Waals surface area contributed by atoms with Gasteiger partial charge in [0.15, 0.2) is 6.23 Å². The average Bonchev–Trinajstić information content (AvgIpc) is 2.20. The Morgan fingerprint density at radius 3 is 2.29 bits per heavy atom. The number of hydrogen-bond donors (Lipinski definition) is 3. The van der Waals surface area contributed by atoms with E-state index in [0.29, 0.717) is 5.69 Å². The summed E-state index contributed by atoms with van der Waals surface area (Å²) in [6.45, 7) is 1.93. The van der Waals surface area contributed by atoms with Gasteiger partial charge in [0.2, 0.25) is 3.79 Å². The molecule has 1 atom stereocenters. The Morgan fingerprint density at radius 2 is 1.82 bits per heavy atom. The molecule has 0 aliphatic rings. The van der Waals surface area contributed by atoms with E-state index >= 15 is 0 Å². The molecule has 4 nitrogen and oxygen atoms in total. The Kier molecular flexibility index (Phi) is 4.89. The summed E-state index contributed by atoms with van der Waals surface area (Å²) in [6.07, 6.45) is -1.59. The maximum Gasteiger partial charge on any atom is 0.321 e. The number of aryl methyl sites for hydroxylation is 1. The van der Waals surface area contributed by atoms with Crippen LogP contribution in [0.3, 0.4) is 0 Å². The molecule has 0 saturated carbocycles. The Labute approximate surface area is 114 Å². The Morgan fingerprint density at radius 1 is 1.29 bits per heavy atom. The monoisotopic (exact) mass is 296 g/mol. The number of nitrogens with one attached hydrogen (secondary N) is 2. The fourth-order valence-corrected chi connectivity index (χ4v) is 1.17. The first-order chi connectivity index (χ1) is 7.79. The first-order valence-corrected chi connectivity index (χ1v) is 5.81. The number of carbonyl (C=O) groups is 1. The fourth-order valence-electron chi connectivity index (χ4n) is 1.01. The van der Waals surface area contributed by atoms with E-state index in [1.165, 1.54) is 0 Å². The highest BCUT2D eigenvalue weighted by molar-refractivity contribution is 6.68. The summed E-state index contributed by atoms with van der Waals surface area (Å²) in [5.74, 6) is 0. The van der Waals surface area contributed by atoms with Gasteiger partial charge in [-0.25, -0.2) is 4.79 Å². The molecule has 0 aliphatic heterocycles. The smallest absolute Gasteiger partial charge is 0.321 e. The van der Waals surface area contributed by atoms with Crippen LogP contribution >= 0.6 is 34.8 Å². The van der Waals surface area contributed by atoms with E-state index in [-0.39, 0.29) is 0 Å². The lowest BCUT2D eigenvalue weighted by Crippen LogP contribution is -2.45. The van der Waals surface area contributed by atoms with Crippen LogP contribution in [0.1, 0.15) is 5.56 Å². The highest BCUT2D eigenvalue weighted by Gasteiger charge is 2.32. The molecular weight excluding hydrogens is 286 g/mol. The molecule has 1 aromatic carbocycles. The van der Waals surface area contributed by atoms with Crippen molar-refractivity contribution in [1.29, 1.82) is 0 Å². The molecule has 0 saturated heterocycles. The quantitative estimate of drug-likeness (QED) is 0.580. The largest absolute Gasteiger partial charge is 0.369 e. The maximum atomic E-state index is 11.4. The number of aliphatic hydroxyl groups excluding tert-OH is 1. The molecule has 1 rings (SSSR count). The minimum atomic E-state index is -1.97. The first kappa shape index (κ1) is 14.4. The van der Waals surface area contributed by atoms with Crippen LogP contribution in [-0.2, 0) is 0 Å². The second-order valence-electron chi connectivity index (χ2n) is 3.41. The topological polar surface area (TPSA) is 61.4 Å². The second-order valence-corrected chi connectivity index (χ2v) is 5.78. The molecular formula is C10H11Cl3N2O2. The number of amides is 2. The van der Waals surface area contributed by atoms with Crippen LogP contribution in [0.5, 0.6) is 0 Å². The number of alkyl halides is 3. The minimum absolute atomic E-state index is 0.574. The highest BCUT2D eigenvalue weighted by atomic mass is 35.6. The summed E-state index contributed by atoms with van der Waals surface area (Å²) in [7, 11) is 0. The van der Waals surface area contributed by atoms with Gasteiger partial charge in [-0.1, -0.05) is 52.5 Å². The lowest BCUT2D eigenvalue weighted by molar-refractivity contribution is 0.148. The standard InChI is InChI=1S/C10H11Cl3N2O2/c1-6-2-4-7(5-3-6)14-9(17)15-8(16)10(11,12)13/h2-5,8,16H,1H3,(H2,14,15,17)/t8-/m0/s1. The predicted molar refractivity (Wildman–Crippen MR) is 69.6 cm³/mol. The van der Waals surface area contributed by atoms with Gasteiger partial charge >= 0.3 is 6.03 Å². The molecule has 1 aromatic rings. The second kappa shape index (κ2) is 5.78. The third-order valence-electron chi connectivity index (χ3n) is 1.89. The summed E-state index contributed by atoms with van der Waals surface area (Å²) < 4.78 is -1.97.